The fraction of sp³-hybridized carbons (Fsp3) is 0.316. The number of carbonyl (C=O) groups is 1. The average Bonchev–Trinajstić information content (AvgIpc) is 2.60. The fourth-order valence-electron chi connectivity index (χ4n) is 2.46. The molecule has 0 fully saturated rings. The van der Waals surface area contributed by atoms with E-state index in [4.69, 9.17) is 4.74 Å². The highest BCUT2D eigenvalue weighted by Gasteiger charge is 2.21. The predicted molar refractivity (Wildman–Crippen MR) is 99.7 cm³/mol. The summed E-state index contributed by atoms with van der Waals surface area (Å²) in [7, 11) is 1.67. The van der Waals surface area contributed by atoms with Gasteiger partial charge in [-0.05, 0) is 11.1 Å². The van der Waals surface area contributed by atoms with Crippen LogP contribution in [0.5, 0.6) is 0 Å². The lowest BCUT2D eigenvalue weighted by Gasteiger charge is -2.18. The first-order chi connectivity index (χ1) is 11.3. The molecule has 0 saturated carbocycles. The Labute approximate surface area is 150 Å². The van der Waals surface area contributed by atoms with Gasteiger partial charge >= 0.3 is 0 Å². The smallest absolute Gasteiger partial charge is 0.232 e. The number of rotatable bonds is 9. The third-order valence-electron chi connectivity index (χ3n) is 3.61. The van der Waals surface area contributed by atoms with Crippen molar-refractivity contribution in [3.8, 4) is 0 Å². The van der Waals surface area contributed by atoms with Crippen LogP contribution in [-0.4, -0.2) is 39.3 Å². The molecule has 0 aliphatic heterocycles. The van der Waals surface area contributed by atoms with Crippen LogP contribution in [0.4, 0.5) is 0 Å². The molecule has 2 N–H and O–H groups in total. The molecular weight excluding hydrogens is 324 g/mol. The minimum Gasteiger partial charge on any atom is -0.383 e. The van der Waals surface area contributed by atoms with Crippen LogP contribution in [0, 0.1) is 0 Å². The van der Waals surface area contributed by atoms with E-state index in [0.717, 1.165) is 24.2 Å². The number of hydrogen-bond acceptors (Lipinski definition) is 3. The second-order valence-electron chi connectivity index (χ2n) is 5.29. The van der Waals surface area contributed by atoms with E-state index in [1.165, 1.54) is 0 Å². The van der Waals surface area contributed by atoms with E-state index in [1.54, 1.807) is 7.11 Å². The summed E-state index contributed by atoms with van der Waals surface area (Å²) in [6.07, 6.45) is 0. The van der Waals surface area contributed by atoms with Crippen molar-refractivity contribution < 1.29 is 9.53 Å². The number of hydrogen-bond donors (Lipinski definition) is 2. The number of ether oxygens (including phenoxy) is 1. The van der Waals surface area contributed by atoms with Crippen LogP contribution >= 0.6 is 12.4 Å². The molecule has 2 aromatic rings. The van der Waals surface area contributed by atoms with Crippen LogP contribution in [0.3, 0.4) is 0 Å². The Morgan fingerprint density at radius 3 is 1.96 bits per heavy atom. The van der Waals surface area contributed by atoms with Gasteiger partial charge < -0.3 is 15.4 Å². The number of halogens is 1. The highest BCUT2D eigenvalue weighted by atomic mass is 35.5. The van der Waals surface area contributed by atoms with Gasteiger partial charge in [0.2, 0.25) is 5.91 Å². The molecule has 0 heterocycles. The normalized spacial score (nSPS) is 10.2. The van der Waals surface area contributed by atoms with Crippen LogP contribution in [0.25, 0.3) is 0 Å². The Morgan fingerprint density at radius 1 is 0.917 bits per heavy atom. The van der Waals surface area contributed by atoms with Crippen molar-refractivity contribution in [2.24, 2.45) is 0 Å². The molecule has 130 valence electrons. The molecule has 0 aromatic heterocycles. The van der Waals surface area contributed by atoms with Crippen molar-refractivity contribution in [1.82, 2.24) is 10.6 Å². The molecule has 2 aromatic carbocycles. The molecule has 0 unspecified atom stereocenters. The van der Waals surface area contributed by atoms with Gasteiger partial charge in [0.25, 0.3) is 0 Å². The Morgan fingerprint density at radius 2 is 1.46 bits per heavy atom. The summed E-state index contributed by atoms with van der Waals surface area (Å²) in [6.45, 7) is 2.78. The molecule has 0 atom stereocenters. The van der Waals surface area contributed by atoms with Gasteiger partial charge in [-0.25, -0.2) is 0 Å². The Kier molecular flexibility index (Phi) is 9.77. The van der Waals surface area contributed by atoms with Gasteiger partial charge in [0.15, 0.2) is 0 Å². The number of benzene rings is 2. The molecule has 0 bridgehead atoms. The van der Waals surface area contributed by atoms with Gasteiger partial charge in [0.1, 0.15) is 0 Å². The van der Waals surface area contributed by atoms with Crippen molar-refractivity contribution in [1.29, 1.82) is 0 Å². The van der Waals surface area contributed by atoms with E-state index in [1.807, 2.05) is 60.7 Å². The van der Waals surface area contributed by atoms with Crippen molar-refractivity contribution >= 4 is 18.3 Å². The molecule has 2 rings (SSSR count). The van der Waals surface area contributed by atoms with E-state index in [2.05, 4.69) is 10.6 Å². The van der Waals surface area contributed by atoms with Gasteiger partial charge in [-0.2, -0.15) is 0 Å². The van der Waals surface area contributed by atoms with Gasteiger partial charge in [-0.1, -0.05) is 60.7 Å². The molecule has 0 aliphatic rings. The maximum Gasteiger partial charge on any atom is 0.232 e. The molecule has 4 nitrogen and oxygen atoms in total. The van der Waals surface area contributed by atoms with Crippen molar-refractivity contribution in [3.63, 3.8) is 0 Å². The zero-order chi connectivity index (χ0) is 16.3. The van der Waals surface area contributed by atoms with Gasteiger partial charge in [0, 0.05) is 26.7 Å². The number of amides is 1. The molecule has 0 spiro atoms. The van der Waals surface area contributed by atoms with E-state index in [9.17, 15) is 4.79 Å². The topological polar surface area (TPSA) is 50.4 Å². The van der Waals surface area contributed by atoms with E-state index < -0.39 is 0 Å². The third-order valence-corrected chi connectivity index (χ3v) is 3.61. The monoisotopic (exact) mass is 348 g/mol. The van der Waals surface area contributed by atoms with E-state index in [0.29, 0.717) is 13.2 Å². The van der Waals surface area contributed by atoms with E-state index >= 15 is 0 Å². The molecular formula is C19H25ClN2O2. The quantitative estimate of drug-likeness (QED) is 0.685. The highest BCUT2D eigenvalue weighted by molar-refractivity contribution is 5.87. The fourth-order valence-corrected chi connectivity index (χ4v) is 2.46. The number of nitrogens with one attached hydrogen (secondary N) is 2. The minimum atomic E-state index is -0.281. The van der Waals surface area contributed by atoms with Gasteiger partial charge in [-0.15, -0.1) is 12.4 Å². The van der Waals surface area contributed by atoms with Crippen molar-refractivity contribution in [3.05, 3.63) is 71.8 Å². The summed E-state index contributed by atoms with van der Waals surface area (Å²) < 4.78 is 4.97. The molecule has 0 saturated heterocycles. The molecule has 24 heavy (non-hydrogen) atoms. The van der Waals surface area contributed by atoms with Crippen LogP contribution in [0.1, 0.15) is 17.0 Å². The average molecular weight is 349 g/mol. The lowest BCUT2D eigenvalue weighted by molar-refractivity contribution is -0.121. The maximum atomic E-state index is 12.7. The van der Waals surface area contributed by atoms with Crippen LogP contribution < -0.4 is 10.6 Å². The zero-order valence-electron chi connectivity index (χ0n) is 13.9. The van der Waals surface area contributed by atoms with Crippen molar-refractivity contribution in [2.45, 2.75) is 5.92 Å². The molecule has 0 radical (unpaired) electrons. The largest absolute Gasteiger partial charge is 0.383 e. The van der Waals surface area contributed by atoms with Gasteiger partial charge in [0.05, 0.1) is 12.5 Å². The maximum absolute atomic E-state index is 12.7. The predicted octanol–water partition coefficient (Wildman–Crippen LogP) is 2.59. The second kappa shape index (κ2) is 11.6. The summed E-state index contributed by atoms with van der Waals surface area (Å²) in [5.74, 6) is -0.257. The second-order valence-corrected chi connectivity index (χ2v) is 5.29. The van der Waals surface area contributed by atoms with Crippen molar-refractivity contribution in [2.75, 3.05) is 33.4 Å². The minimum absolute atomic E-state index is 0. The summed E-state index contributed by atoms with van der Waals surface area (Å²) in [6, 6.07) is 19.8. The Hall–Kier alpha value is -1.88. The SMILES string of the molecule is COCCNCCNC(=O)C(c1ccccc1)c1ccccc1.Cl. The van der Waals surface area contributed by atoms with E-state index in [-0.39, 0.29) is 24.2 Å². The molecule has 5 heteroatoms. The summed E-state index contributed by atoms with van der Waals surface area (Å²) >= 11 is 0. The molecule has 0 aliphatic carbocycles. The first-order valence-corrected chi connectivity index (χ1v) is 7.90. The van der Waals surface area contributed by atoms with Crippen LogP contribution in [0.15, 0.2) is 60.7 Å². The summed E-state index contributed by atoms with van der Waals surface area (Å²) in [5, 5.41) is 6.23. The zero-order valence-corrected chi connectivity index (χ0v) is 14.7. The third kappa shape index (κ3) is 6.32. The van der Waals surface area contributed by atoms with Crippen LogP contribution in [0.2, 0.25) is 0 Å². The highest BCUT2D eigenvalue weighted by Crippen LogP contribution is 2.24. The summed E-state index contributed by atoms with van der Waals surface area (Å²) in [5.41, 5.74) is 2.01. The molecule has 1 amide bonds. The first-order valence-electron chi connectivity index (χ1n) is 7.90. The lowest BCUT2D eigenvalue weighted by atomic mass is 9.90. The van der Waals surface area contributed by atoms with Crippen LogP contribution in [-0.2, 0) is 9.53 Å². The number of carbonyl (C=O) groups excluding carboxylic acids is 1. The standard InChI is InChI=1S/C19H24N2O2.ClH/c1-23-15-14-20-12-13-21-19(22)18(16-8-4-2-5-9-16)17-10-6-3-7-11-17;/h2-11,18,20H,12-15H2,1H3,(H,21,22);1H. The van der Waals surface area contributed by atoms with Gasteiger partial charge in [-0.3, -0.25) is 4.79 Å². The Balaban J connectivity index is 0.00000288. The summed E-state index contributed by atoms with van der Waals surface area (Å²) in [4.78, 5) is 12.7. The Bertz CT molecular complexity index is 539. The lowest BCUT2D eigenvalue weighted by Crippen LogP contribution is -2.36. The number of methoxy groups -OCH3 is 1. The first kappa shape index (κ1) is 20.2.